The Morgan fingerprint density at radius 2 is 1.58 bits per heavy atom. The fourth-order valence-electron chi connectivity index (χ4n) is 4.99. The SMILES string of the molecule is O=C(NCCc1ccccc1)C1COC2(CCN(C(=O)c3ccco3)CC2)N1C(=O)c1ccccc1. The summed E-state index contributed by atoms with van der Waals surface area (Å²) < 4.78 is 11.5. The van der Waals surface area contributed by atoms with E-state index in [0.29, 0.717) is 44.5 Å². The zero-order valence-electron chi connectivity index (χ0n) is 20.0. The Hall–Kier alpha value is -3.91. The zero-order valence-corrected chi connectivity index (χ0v) is 20.0. The third-order valence-corrected chi connectivity index (χ3v) is 6.92. The molecule has 1 N–H and O–H groups in total. The molecule has 2 saturated heterocycles. The number of likely N-dealkylation sites (tertiary alicyclic amines) is 1. The van der Waals surface area contributed by atoms with Gasteiger partial charge >= 0.3 is 0 Å². The first-order chi connectivity index (χ1) is 17.6. The second-order valence-corrected chi connectivity index (χ2v) is 9.11. The standard InChI is InChI=1S/C28H29N3O5/c32-25(29-16-13-21-8-3-1-4-9-21)23-20-36-28(31(23)26(33)22-10-5-2-6-11-22)14-17-30(18-15-28)27(34)24-12-7-19-35-24/h1-12,19,23H,13-18,20H2,(H,29,32). The molecular formula is C28H29N3O5. The number of hydrogen-bond acceptors (Lipinski definition) is 5. The van der Waals surface area contributed by atoms with Crippen molar-refractivity contribution in [1.29, 1.82) is 0 Å². The predicted octanol–water partition coefficient (Wildman–Crippen LogP) is 3.11. The normalized spacial score (nSPS) is 18.8. The summed E-state index contributed by atoms with van der Waals surface area (Å²) >= 11 is 0. The molecule has 2 fully saturated rings. The number of benzene rings is 2. The Labute approximate surface area is 209 Å². The molecule has 1 spiro atoms. The number of piperidine rings is 1. The van der Waals surface area contributed by atoms with Gasteiger partial charge in [0.15, 0.2) is 5.76 Å². The van der Waals surface area contributed by atoms with Gasteiger partial charge in [-0.05, 0) is 36.2 Å². The lowest BCUT2D eigenvalue weighted by Crippen LogP contribution is -2.59. The first-order valence-corrected chi connectivity index (χ1v) is 12.2. The molecule has 1 atom stereocenters. The van der Waals surface area contributed by atoms with Crippen molar-refractivity contribution in [2.45, 2.75) is 31.0 Å². The largest absolute Gasteiger partial charge is 0.459 e. The summed E-state index contributed by atoms with van der Waals surface area (Å²) in [5.41, 5.74) is 0.676. The van der Waals surface area contributed by atoms with Gasteiger partial charge in [0, 0.05) is 38.0 Å². The van der Waals surface area contributed by atoms with Crippen LogP contribution in [0.5, 0.6) is 0 Å². The highest BCUT2D eigenvalue weighted by Gasteiger charge is 2.54. The molecule has 2 aliphatic heterocycles. The van der Waals surface area contributed by atoms with E-state index >= 15 is 0 Å². The van der Waals surface area contributed by atoms with Crippen molar-refractivity contribution in [1.82, 2.24) is 15.1 Å². The van der Waals surface area contributed by atoms with Gasteiger partial charge in [-0.1, -0.05) is 48.5 Å². The fraction of sp³-hybridized carbons (Fsp3) is 0.321. The fourth-order valence-corrected chi connectivity index (χ4v) is 4.99. The van der Waals surface area contributed by atoms with E-state index in [1.807, 2.05) is 36.4 Å². The van der Waals surface area contributed by atoms with E-state index < -0.39 is 11.8 Å². The summed E-state index contributed by atoms with van der Waals surface area (Å²) in [5.74, 6) is -0.390. The van der Waals surface area contributed by atoms with Crippen LogP contribution < -0.4 is 5.32 Å². The van der Waals surface area contributed by atoms with Crippen molar-refractivity contribution in [3.05, 3.63) is 95.9 Å². The van der Waals surface area contributed by atoms with Crippen molar-refractivity contribution < 1.29 is 23.5 Å². The highest BCUT2D eigenvalue weighted by molar-refractivity contribution is 5.98. The number of nitrogens with zero attached hydrogens (tertiary/aromatic N) is 2. The first kappa shape index (κ1) is 23.8. The van der Waals surface area contributed by atoms with E-state index in [1.165, 1.54) is 6.26 Å². The number of rotatable bonds is 6. The number of furan rings is 1. The number of hydrogen-bond donors (Lipinski definition) is 1. The highest BCUT2D eigenvalue weighted by atomic mass is 16.5. The van der Waals surface area contributed by atoms with Crippen LogP contribution in [0.2, 0.25) is 0 Å². The second-order valence-electron chi connectivity index (χ2n) is 9.11. The summed E-state index contributed by atoms with van der Waals surface area (Å²) in [6.45, 7) is 1.36. The monoisotopic (exact) mass is 487 g/mol. The summed E-state index contributed by atoms with van der Waals surface area (Å²) in [5, 5.41) is 2.99. The molecule has 0 bridgehead atoms. The molecule has 5 rings (SSSR count). The van der Waals surface area contributed by atoms with Crippen molar-refractivity contribution in [2.75, 3.05) is 26.2 Å². The third kappa shape index (κ3) is 4.77. The molecule has 2 aliphatic rings. The number of amides is 3. The van der Waals surface area contributed by atoms with Gasteiger partial charge in [0.2, 0.25) is 5.91 Å². The van der Waals surface area contributed by atoms with Crippen LogP contribution in [0.25, 0.3) is 0 Å². The Morgan fingerprint density at radius 3 is 2.25 bits per heavy atom. The second kappa shape index (κ2) is 10.4. The lowest BCUT2D eigenvalue weighted by atomic mass is 9.96. The van der Waals surface area contributed by atoms with E-state index in [0.717, 1.165) is 5.56 Å². The molecule has 3 amide bonds. The lowest BCUT2D eigenvalue weighted by molar-refractivity contribution is -0.128. The van der Waals surface area contributed by atoms with Crippen LogP contribution in [0.3, 0.4) is 0 Å². The van der Waals surface area contributed by atoms with Crippen LogP contribution in [-0.4, -0.2) is 65.5 Å². The van der Waals surface area contributed by atoms with Crippen LogP contribution in [0.15, 0.2) is 83.5 Å². The Bertz CT molecular complexity index is 1190. The number of ether oxygens (including phenoxy) is 1. The van der Waals surface area contributed by atoms with Crippen molar-refractivity contribution >= 4 is 17.7 Å². The van der Waals surface area contributed by atoms with Crippen LogP contribution in [-0.2, 0) is 16.0 Å². The van der Waals surface area contributed by atoms with Gasteiger partial charge in [-0.2, -0.15) is 0 Å². The van der Waals surface area contributed by atoms with Gasteiger partial charge < -0.3 is 19.4 Å². The smallest absolute Gasteiger partial charge is 0.289 e. The predicted molar refractivity (Wildman–Crippen MR) is 132 cm³/mol. The van der Waals surface area contributed by atoms with Gasteiger partial charge in [-0.3, -0.25) is 19.3 Å². The maximum absolute atomic E-state index is 13.7. The minimum atomic E-state index is -0.950. The number of nitrogens with one attached hydrogen (secondary N) is 1. The maximum Gasteiger partial charge on any atom is 0.289 e. The average Bonchev–Trinajstić information content (AvgIpc) is 3.58. The summed E-state index contributed by atoms with van der Waals surface area (Å²) in [7, 11) is 0. The summed E-state index contributed by atoms with van der Waals surface area (Å²) in [4.78, 5) is 43.0. The molecule has 1 aromatic heterocycles. The molecule has 8 heteroatoms. The van der Waals surface area contributed by atoms with Gasteiger partial charge in [0.1, 0.15) is 11.8 Å². The van der Waals surface area contributed by atoms with Crippen LogP contribution in [0.1, 0.15) is 39.3 Å². The molecule has 8 nitrogen and oxygen atoms in total. The number of carbonyl (C=O) groups is 3. The molecule has 0 saturated carbocycles. The molecule has 0 radical (unpaired) electrons. The van der Waals surface area contributed by atoms with Crippen molar-refractivity contribution in [3.8, 4) is 0 Å². The van der Waals surface area contributed by atoms with Gasteiger partial charge in [-0.25, -0.2) is 0 Å². The summed E-state index contributed by atoms with van der Waals surface area (Å²) in [6.07, 6.45) is 2.99. The van der Waals surface area contributed by atoms with Crippen LogP contribution >= 0.6 is 0 Å². The van der Waals surface area contributed by atoms with Gasteiger partial charge in [0.25, 0.3) is 11.8 Å². The molecule has 3 heterocycles. The van der Waals surface area contributed by atoms with E-state index in [9.17, 15) is 14.4 Å². The van der Waals surface area contributed by atoms with E-state index in [1.54, 1.807) is 46.2 Å². The topological polar surface area (TPSA) is 92.1 Å². The minimum Gasteiger partial charge on any atom is -0.459 e. The highest BCUT2D eigenvalue weighted by Crippen LogP contribution is 2.38. The van der Waals surface area contributed by atoms with Gasteiger partial charge in [0.05, 0.1) is 12.9 Å². The summed E-state index contributed by atoms with van der Waals surface area (Å²) in [6, 6.07) is 21.4. The minimum absolute atomic E-state index is 0.113. The quantitative estimate of drug-likeness (QED) is 0.577. The molecular weight excluding hydrogens is 458 g/mol. The molecule has 0 aliphatic carbocycles. The Morgan fingerprint density at radius 1 is 0.889 bits per heavy atom. The van der Waals surface area contributed by atoms with E-state index in [-0.39, 0.29) is 30.1 Å². The lowest BCUT2D eigenvalue weighted by Gasteiger charge is -2.44. The average molecular weight is 488 g/mol. The first-order valence-electron chi connectivity index (χ1n) is 12.2. The zero-order chi connectivity index (χ0) is 25.0. The molecule has 2 aromatic carbocycles. The number of carbonyl (C=O) groups excluding carboxylic acids is 3. The van der Waals surface area contributed by atoms with Crippen LogP contribution in [0.4, 0.5) is 0 Å². The Kier molecular flexibility index (Phi) is 6.86. The van der Waals surface area contributed by atoms with E-state index in [4.69, 9.17) is 9.15 Å². The maximum atomic E-state index is 13.7. The molecule has 36 heavy (non-hydrogen) atoms. The molecule has 3 aromatic rings. The third-order valence-electron chi connectivity index (χ3n) is 6.92. The van der Waals surface area contributed by atoms with Crippen molar-refractivity contribution in [2.24, 2.45) is 0 Å². The Balaban J connectivity index is 1.32. The van der Waals surface area contributed by atoms with E-state index in [2.05, 4.69) is 5.32 Å². The van der Waals surface area contributed by atoms with Crippen molar-refractivity contribution in [3.63, 3.8) is 0 Å². The van der Waals surface area contributed by atoms with Gasteiger partial charge in [-0.15, -0.1) is 0 Å². The molecule has 1 unspecified atom stereocenters. The van der Waals surface area contributed by atoms with Crippen LogP contribution in [0, 0.1) is 0 Å². The molecule has 186 valence electrons.